The normalized spacial score (nSPS) is 11.1. The highest BCUT2D eigenvalue weighted by molar-refractivity contribution is 6.06. The minimum atomic E-state index is -0.255. The van der Waals surface area contributed by atoms with Crippen LogP contribution in [0.3, 0.4) is 0 Å². The SMILES string of the molecule is Cc1cc(-c2ccc3cc(C(=O)Nc4ccnnc4)[nH]c3c2)nc(Nc2ccc3[nH]ncc3c2)n1. The number of aryl methyl sites for hydroxylation is 1. The number of nitrogens with zero attached hydrogens (tertiary/aromatic N) is 5. The van der Waals surface area contributed by atoms with Crippen LogP contribution >= 0.6 is 0 Å². The number of hydrogen-bond acceptors (Lipinski definition) is 7. The van der Waals surface area contributed by atoms with Gasteiger partial charge in [0.15, 0.2) is 0 Å². The summed E-state index contributed by atoms with van der Waals surface area (Å²) >= 11 is 0. The molecule has 0 saturated heterocycles. The molecule has 0 aliphatic carbocycles. The molecule has 10 nitrogen and oxygen atoms in total. The maximum absolute atomic E-state index is 12.6. The molecule has 0 radical (unpaired) electrons. The van der Waals surface area contributed by atoms with Gasteiger partial charge < -0.3 is 15.6 Å². The fourth-order valence-electron chi connectivity index (χ4n) is 3.89. The summed E-state index contributed by atoms with van der Waals surface area (Å²) in [7, 11) is 0. The average Bonchev–Trinajstić information content (AvgIpc) is 3.50. The molecule has 6 aromatic rings. The van der Waals surface area contributed by atoms with Crippen LogP contribution in [0.2, 0.25) is 0 Å². The van der Waals surface area contributed by atoms with Gasteiger partial charge in [-0.15, -0.1) is 0 Å². The molecule has 0 unspecified atom stereocenters. The van der Waals surface area contributed by atoms with E-state index in [2.05, 4.69) is 41.0 Å². The zero-order valence-electron chi connectivity index (χ0n) is 18.6. The molecule has 4 N–H and O–H groups in total. The number of anilines is 3. The molecular weight excluding hydrogens is 442 g/mol. The van der Waals surface area contributed by atoms with E-state index in [0.29, 0.717) is 17.3 Å². The van der Waals surface area contributed by atoms with E-state index < -0.39 is 0 Å². The Morgan fingerprint density at radius 3 is 2.69 bits per heavy atom. The summed E-state index contributed by atoms with van der Waals surface area (Å²) in [5, 5.41) is 22.5. The number of carbonyl (C=O) groups excluding carboxylic acids is 1. The van der Waals surface area contributed by atoms with Gasteiger partial charge in [0, 0.05) is 33.2 Å². The molecule has 2 aromatic carbocycles. The fourth-order valence-corrected chi connectivity index (χ4v) is 3.89. The molecule has 0 atom stereocenters. The molecule has 0 aliphatic rings. The quantitative estimate of drug-likeness (QED) is 0.294. The molecule has 4 aromatic heterocycles. The summed E-state index contributed by atoms with van der Waals surface area (Å²) in [6, 6.07) is 17.2. The third-order valence-corrected chi connectivity index (χ3v) is 5.56. The fraction of sp³-hybridized carbons (Fsp3) is 0.0400. The number of nitrogens with one attached hydrogen (secondary N) is 4. The first-order valence-corrected chi connectivity index (χ1v) is 10.9. The Labute approximate surface area is 198 Å². The van der Waals surface area contributed by atoms with E-state index in [1.54, 1.807) is 12.3 Å². The van der Waals surface area contributed by atoms with Crippen molar-refractivity contribution < 1.29 is 4.79 Å². The van der Waals surface area contributed by atoms with Crippen LogP contribution in [0.15, 0.2) is 73.2 Å². The van der Waals surface area contributed by atoms with Gasteiger partial charge in [-0.3, -0.25) is 9.89 Å². The van der Waals surface area contributed by atoms with E-state index in [1.165, 1.54) is 12.4 Å². The molecule has 10 heteroatoms. The van der Waals surface area contributed by atoms with Crippen LogP contribution in [0.1, 0.15) is 16.2 Å². The van der Waals surface area contributed by atoms with Crippen molar-refractivity contribution in [1.82, 2.24) is 35.3 Å². The van der Waals surface area contributed by atoms with E-state index in [4.69, 9.17) is 4.98 Å². The lowest BCUT2D eigenvalue weighted by molar-refractivity contribution is 0.102. The molecular formula is C25H19N9O. The van der Waals surface area contributed by atoms with E-state index >= 15 is 0 Å². The number of aromatic nitrogens is 7. The molecule has 4 heterocycles. The molecule has 170 valence electrons. The van der Waals surface area contributed by atoms with Gasteiger partial charge in [-0.05, 0) is 49.4 Å². The van der Waals surface area contributed by atoms with Crippen molar-refractivity contribution in [2.45, 2.75) is 6.92 Å². The Kier molecular flexibility index (Phi) is 4.88. The number of hydrogen-bond donors (Lipinski definition) is 4. The highest BCUT2D eigenvalue weighted by Gasteiger charge is 2.12. The Hall–Kier alpha value is -5.12. The van der Waals surface area contributed by atoms with Gasteiger partial charge in [0.05, 0.1) is 35.5 Å². The summed E-state index contributed by atoms with van der Waals surface area (Å²) < 4.78 is 0. The molecule has 35 heavy (non-hydrogen) atoms. The summed E-state index contributed by atoms with van der Waals surface area (Å²) in [5.41, 5.74) is 6.20. The monoisotopic (exact) mass is 461 g/mol. The van der Waals surface area contributed by atoms with Gasteiger partial charge in [-0.1, -0.05) is 12.1 Å². The molecule has 0 fully saturated rings. The van der Waals surface area contributed by atoms with Gasteiger partial charge in [0.25, 0.3) is 5.91 Å². The second-order valence-corrected chi connectivity index (χ2v) is 8.09. The average molecular weight is 461 g/mol. The van der Waals surface area contributed by atoms with Crippen molar-refractivity contribution in [3.8, 4) is 11.3 Å². The summed E-state index contributed by atoms with van der Waals surface area (Å²) in [5.74, 6) is 0.246. The van der Waals surface area contributed by atoms with Crippen molar-refractivity contribution in [3.63, 3.8) is 0 Å². The first kappa shape index (κ1) is 20.5. The first-order chi connectivity index (χ1) is 17.1. The number of carbonyl (C=O) groups is 1. The lowest BCUT2D eigenvalue weighted by atomic mass is 10.1. The highest BCUT2D eigenvalue weighted by atomic mass is 16.1. The first-order valence-electron chi connectivity index (χ1n) is 10.9. The largest absolute Gasteiger partial charge is 0.351 e. The van der Waals surface area contributed by atoms with Crippen molar-refractivity contribution in [1.29, 1.82) is 0 Å². The maximum Gasteiger partial charge on any atom is 0.272 e. The number of aromatic amines is 2. The number of rotatable bonds is 5. The Morgan fingerprint density at radius 1 is 0.857 bits per heavy atom. The van der Waals surface area contributed by atoms with Crippen LogP contribution in [-0.4, -0.2) is 41.3 Å². The number of H-pyrrole nitrogens is 2. The van der Waals surface area contributed by atoms with Crippen molar-refractivity contribution in [3.05, 3.63) is 84.6 Å². The van der Waals surface area contributed by atoms with Crippen molar-refractivity contribution >= 4 is 45.0 Å². The van der Waals surface area contributed by atoms with E-state index in [9.17, 15) is 4.79 Å². The second kappa shape index (κ2) is 8.34. The molecule has 6 rings (SSSR count). The van der Waals surface area contributed by atoms with E-state index in [-0.39, 0.29) is 5.91 Å². The van der Waals surface area contributed by atoms with Gasteiger partial charge in [0.1, 0.15) is 5.69 Å². The predicted molar refractivity (Wildman–Crippen MR) is 133 cm³/mol. The lowest BCUT2D eigenvalue weighted by Crippen LogP contribution is -2.12. The van der Waals surface area contributed by atoms with Crippen LogP contribution in [-0.2, 0) is 0 Å². The van der Waals surface area contributed by atoms with Crippen LogP contribution < -0.4 is 10.6 Å². The third kappa shape index (κ3) is 4.15. The molecule has 0 saturated carbocycles. The van der Waals surface area contributed by atoms with Crippen molar-refractivity contribution in [2.24, 2.45) is 0 Å². The van der Waals surface area contributed by atoms with Crippen LogP contribution in [0.4, 0.5) is 17.3 Å². The highest BCUT2D eigenvalue weighted by Crippen LogP contribution is 2.26. The minimum absolute atomic E-state index is 0.255. The topological polar surface area (TPSA) is 137 Å². The lowest BCUT2D eigenvalue weighted by Gasteiger charge is -2.09. The smallest absolute Gasteiger partial charge is 0.272 e. The van der Waals surface area contributed by atoms with Crippen LogP contribution in [0.25, 0.3) is 33.1 Å². The standard InChI is InChI=1S/C25H19N9O/c1-14-8-21(33-25(29-14)31-18-4-5-20-17(9-18)12-28-34-20)15-2-3-16-11-23(32-22(16)10-15)24(35)30-19-6-7-26-27-13-19/h2-13,32H,1H3,(H,28,34)(H,26,30,35)(H,29,31,33). The summed E-state index contributed by atoms with van der Waals surface area (Å²) in [4.78, 5) is 25.1. The number of fused-ring (bicyclic) bond motifs is 2. The molecule has 0 bridgehead atoms. The summed E-state index contributed by atoms with van der Waals surface area (Å²) in [6.45, 7) is 1.93. The summed E-state index contributed by atoms with van der Waals surface area (Å²) in [6.07, 6.45) is 4.79. The zero-order chi connectivity index (χ0) is 23.8. The number of benzene rings is 2. The molecule has 0 aliphatic heterocycles. The van der Waals surface area contributed by atoms with E-state index in [0.717, 1.165) is 44.4 Å². The van der Waals surface area contributed by atoms with Crippen LogP contribution in [0.5, 0.6) is 0 Å². The Balaban J connectivity index is 1.28. The third-order valence-electron chi connectivity index (χ3n) is 5.56. The second-order valence-electron chi connectivity index (χ2n) is 8.09. The van der Waals surface area contributed by atoms with Gasteiger partial charge in [0.2, 0.25) is 5.95 Å². The van der Waals surface area contributed by atoms with Gasteiger partial charge >= 0.3 is 0 Å². The Morgan fingerprint density at radius 2 is 1.80 bits per heavy atom. The number of amides is 1. The predicted octanol–water partition coefficient (Wildman–Crippen LogP) is 4.60. The van der Waals surface area contributed by atoms with Crippen LogP contribution in [0, 0.1) is 6.92 Å². The maximum atomic E-state index is 12.6. The minimum Gasteiger partial charge on any atom is -0.351 e. The van der Waals surface area contributed by atoms with Crippen molar-refractivity contribution in [2.75, 3.05) is 10.6 Å². The Bertz CT molecular complexity index is 1690. The van der Waals surface area contributed by atoms with Gasteiger partial charge in [-0.2, -0.15) is 15.3 Å². The molecule has 0 spiro atoms. The zero-order valence-corrected chi connectivity index (χ0v) is 18.6. The van der Waals surface area contributed by atoms with E-state index in [1.807, 2.05) is 55.5 Å². The molecule has 1 amide bonds. The van der Waals surface area contributed by atoms with Gasteiger partial charge in [-0.25, -0.2) is 9.97 Å².